The van der Waals surface area contributed by atoms with E-state index in [1.54, 1.807) is 0 Å². The minimum atomic E-state index is -0.332. The lowest BCUT2D eigenvalue weighted by atomic mass is 10.1. The van der Waals surface area contributed by atoms with Crippen LogP contribution in [0.4, 0.5) is 23.0 Å². The fraction of sp³-hybridized carbons (Fsp3) is 0.545. The van der Waals surface area contributed by atoms with Crippen LogP contribution in [0.2, 0.25) is 5.02 Å². The van der Waals surface area contributed by atoms with Crippen molar-refractivity contribution < 1.29 is 4.92 Å². The molecule has 0 amide bonds. The summed E-state index contributed by atoms with van der Waals surface area (Å²) in [4.78, 5) is 26.8. The molecule has 1 saturated heterocycles. The standard InChI is InChI=1S/C22H31ClN6O2/c1-16(2)13-28(14-17(3)4)22-20(29(30)31)21(24-15-25-22)27-10-8-26(9-11-27)19-7-5-6-18(23)12-19/h5-7,12,15-17H,8-11,13-14H2,1-4H3. The average Bonchev–Trinajstić information content (AvgIpc) is 2.72. The van der Waals surface area contributed by atoms with Crippen molar-refractivity contribution >= 4 is 34.6 Å². The van der Waals surface area contributed by atoms with E-state index in [0.29, 0.717) is 54.7 Å². The molecule has 3 rings (SSSR count). The second-order valence-corrected chi connectivity index (χ2v) is 9.21. The van der Waals surface area contributed by atoms with E-state index in [1.807, 2.05) is 34.1 Å². The van der Waals surface area contributed by atoms with Crippen molar-refractivity contribution in [2.45, 2.75) is 27.7 Å². The fourth-order valence-electron chi connectivity index (χ4n) is 3.96. The monoisotopic (exact) mass is 446 g/mol. The highest BCUT2D eigenvalue weighted by molar-refractivity contribution is 6.30. The lowest BCUT2D eigenvalue weighted by Gasteiger charge is -2.37. The summed E-state index contributed by atoms with van der Waals surface area (Å²) < 4.78 is 0. The smallest absolute Gasteiger partial charge is 0.353 e. The maximum absolute atomic E-state index is 12.1. The van der Waals surface area contributed by atoms with E-state index < -0.39 is 0 Å². The number of hydrogen-bond donors (Lipinski definition) is 0. The Morgan fingerprint density at radius 2 is 1.68 bits per heavy atom. The number of piperazine rings is 1. The molecule has 0 bridgehead atoms. The van der Waals surface area contributed by atoms with Crippen LogP contribution in [0.1, 0.15) is 27.7 Å². The van der Waals surface area contributed by atoms with Gasteiger partial charge in [0.05, 0.1) is 4.92 Å². The second-order valence-electron chi connectivity index (χ2n) is 8.77. The van der Waals surface area contributed by atoms with Crippen LogP contribution in [0.3, 0.4) is 0 Å². The molecule has 1 aromatic carbocycles. The minimum Gasteiger partial charge on any atom is -0.368 e. The van der Waals surface area contributed by atoms with E-state index in [2.05, 4.69) is 42.6 Å². The van der Waals surface area contributed by atoms with Gasteiger partial charge >= 0.3 is 5.69 Å². The minimum absolute atomic E-state index is 0.00000514. The molecule has 0 atom stereocenters. The number of benzene rings is 1. The van der Waals surface area contributed by atoms with E-state index in [4.69, 9.17) is 11.6 Å². The van der Waals surface area contributed by atoms with Gasteiger partial charge in [-0.1, -0.05) is 45.4 Å². The quantitative estimate of drug-likeness (QED) is 0.436. The molecule has 1 fully saturated rings. The molecule has 31 heavy (non-hydrogen) atoms. The third-order valence-electron chi connectivity index (χ3n) is 5.19. The van der Waals surface area contributed by atoms with E-state index in [1.165, 1.54) is 6.33 Å². The molecular weight excluding hydrogens is 416 g/mol. The van der Waals surface area contributed by atoms with Crippen molar-refractivity contribution in [1.29, 1.82) is 0 Å². The Labute approximate surface area is 189 Å². The van der Waals surface area contributed by atoms with Gasteiger partial charge in [0.15, 0.2) is 0 Å². The Morgan fingerprint density at radius 1 is 1.06 bits per heavy atom. The first kappa shape index (κ1) is 23.1. The molecule has 1 aromatic heterocycles. The summed E-state index contributed by atoms with van der Waals surface area (Å²) in [6.07, 6.45) is 1.45. The molecule has 9 heteroatoms. The van der Waals surface area contributed by atoms with Crippen molar-refractivity contribution in [2.75, 3.05) is 54.0 Å². The number of halogens is 1. The zero-order chi connectivity index (χ0) is 22.5. The maximum atomic E-state index is 12.1. The highest BCUT2D eigenvalue weighted by Gasteiger charge is 2.32. The molecule has 0 aliphatic carbocycles. The highest BCUT2D eigenvalue weighted by Crippen LogP contribution is 2.35. The zero-order valence-corrected chi connectivity index (χ0v) is 19.4. The lowest BCUT2D eigenvalue weighted by Crippen LogP contribution is -2.47. The van der Waals surface area contributed by atoms with Crippen molar-refractivity contribution in [1.82, 2.24) is 9.97 Å². The molecule has 1 aliphatic heterocycles. The van der Waals surface area contributed by atoms with Gasteiger partial charge in [-0.25, -0.2) is 9.97 Å². The van der Waals surface area contributed by atoms with Crippen molar-refractivity contribution in [2.24, 2.45) is 11.8 Å². The van der Waals surface area contributed by atoms with Crippen LogP contribution in [-0.4, -0.2) is 54.2 Å². The number of aromatic nitrogens is 2. The molecule has 0 N–H and O–H groups in total. The topological polar surface area (TPSA) is 78.6 Å². The summed E-state index contributed by atoms with van der Waals surface area (Å²) in [6.45, 7) is 12.6. The van der Waals surface area contributed by atoms with Crippen LogP contribution in [0.15, 0.2) is 30.6 Å². The number of anilines is 3. The van der Waals surface area contributed by atoms with E-state index in [-0.39, 0.29) is 10.6 Å². The van der Waals surface area contributed by atoms with Gasteiger partial charge in [0.2, 0.25) is 11.6 Å². The van der Waals surface area contributed by atoms with Gasteiger partial charge in [-0.2, -0.15) is 0 Å². The summed E-state index contributed by atoms with van der Waals surface area (Å²) in [5, 5.41) is 12.8. The van der Waals surface area contributed by atoms with Gasteiger partial charge < -0.3 is 14.7 Å². The summed E-state index contributed by atoms with van der Waals surface area (Å²) in [7, 11) is 0. The Kier molecular flexibility index (Phi) is 7.54. The Balaban J connectivity index is 1.86. The molecule has 1 aliphatic rings. The fourth-order valence-corrected chi connectivity index (χ4v) is 4.15. The van der Waals surface area contributed by atoms with E-state index in [0.717, 1.165) is 18.8 Å². The van der Waals surface area contributed by atoms with Gasteiger partial charge in [0.1, 0.15) is 6.33 Å². The number of nitro groups is 1. The summed E-state index contributed by atoms with van der Waals surface area (Å²) in [6, 6.07) is 7.76. The van der Waals surface area contributed by atoms with Gasteiger partial charge in [-0.05, 0) is 30.0 Å². The van der Waals surface area contributed by atoms with Gasteiger partial charge in [-0.3, -0.25) is 10.1 Å². The summed E-state index contributed by atoms with van der Waals surface area (Å²) in [5.41, 5.74) is 1.06. The number of nitrogens with zero attached hydrogens (tertiary/aromatic N) is 6. The van der Waals surface area contributed by atoms with Crippen LogP contribution in [0.25, 0.3) is 0 Å². The van der Waals surface area contributed by atoms with Gasteiger partial charge in [0, 0.05) is 50.0 Å². The lowest BCUT2D eigenvalue weighted by molar-refractivity contribution is -0.383. The molecule has 0 radical (unpaired) electrons. The highest BCUT2D eigenvalue weighted by atomic mass is 35.5. The van der Waals surface area contributed by atoms with E-state index in [9.17, 15) is 10.1 Å². The molecule has 0 saturated carbocycles. The molecular formula is C22H31ClN6O2. The van der Waals surface area contributed by atoms with Crippen LogP contribution < -0.4 is 14.7 Å². The van der Waals surface area contributed by atoms with Crippen molar-refractivity contribution in [3.05, 3.63) is 45.7 Å². The zero-order valence-electron chi connectivity index (χ0n) is 18.7. The third kappa shape index (κ3) is 5.76. The first-order valence-electron chi connectivity index (χ1n) is 10.8. The molecule has 168 valence electrons. The molecule has 0 unspecified atom stereocenters. The van der Waals surface area contributed by atoms with Crippen LogP contribution in [-0.2, 0) is 0 Å². The Hall–Kier alpha value is -2.61. The molecule has 8 nitrogen and oxygen atoms in total. The van der Waals surface area contributed by atoms with Crippen LogP contribution in [0, 0.1) is 22.0 Å². The average molecular weight is 447 g/mol. The van der Waals surface area contributed by atoms with Gasteiger partial charge in [0.25, 0.3) is 0 Å². The largest absolute Gasteiger partial charge is 0.368 e. The molecule has 2 heterocycles. The predicted octanol–water partition coefficient (Wildman–Crippen LogP) is 4.48. The normalized spacial score (nSPS) is 14.4. The molecule has 2 aromatic rings. The Bertz CT molecular complexity index is 889. The van der Waals surface area contributed by atoms with Crippen LogP contribution >= 0.6 is 11.6 Å². The predicted molar refractivity (Wildman–Crippen MR) is 126 cm³/mol. The Morgan fingerprint density at radius 3 is 2.23 bits per heavy atom. The van der Waals surface area contributed by atoms with Gasteiger partial charge in [-0.15, -0.1) is 0 Å². The van der Waals surface area contributed by atoms with Crippen LogP contribution in [0.5, 0.6) is 0 Å². The molecule has 0 spiro atoms. The maximum Gasteiger partial charge on any atom is 0.353 e. The summed E-state index contributed by atoms with van der Waals surface area (Å²) >= 11 is 6.13. The number of rotatable bonds is 8. The van der Waals surface area contributed by atoms with Crippen molar-refractivity contribution in [3.8, 4) is 0 Å². The second kappa shape index (κ2) is 10.1. The first-order valence-corrected chi connectivity index (χ1v) is 11.1. The van der Waals surface area contributed by atoms with E-state index >= 15 is 0 Å². The SMILES string of the molecule is CC(C)CN(CC(C)C)c1ncnc(N2CCN(c3cccc(Cl)c3)CC2)c1[N+](=O)[O-]. The number of hydrogen-bond acceptors (Lipinski definition) is 7. The third-order valence-corrected chi connectivity index (χ3v) is 5.42. The summed E-state index contributed by atoms with van der Waals surface area (Å²) in [5.74, 6) is 1.53. The van der Waals surface area contributed by atoms with Crippen molar-refractivity contribution in [3.63, 3.8) is 0 Å². The first-order chi connectivity index (χ1) is 14.8.